The maximum absolute atomic E-state index is 2.92. The third-order valence-electron chi connectivity index (χ3n) is 31.1. The van der Waals surface area contributed by atoms with Crippen molar-refractivity contribution in [3.63, 3.8) is 0 Å². The third kappa shape index (κ3) is 13.3. The molecule has 0 bridgehead atoms. The van der Waals surface area contributed by atoms with Crippen LogP contribution < -0.4 is 19.6 Å². The summed E-state index contributed by atoms with van der Waals surface area (Å²) in [5.74, 6) is 0.219. The number of hydrogen-bond donors (Lipinski definition) is 0. The monoisotopic (exact) mass is 1910 g/mol. The van der Waals surface area contributed by atoms with Crippen molar-refractivity contribution in [1.29, 1.82) is 0 Å². The second kappa shape index (κ2) is 30.1. The molecule has 6 aliphatic heterocycles. The van der Waals surface area contributed by atoms with Crippen LogP contribution in [0.3, 0.4) is 0 Å². The summed E-state index contributed by atoms with van der Waals surface area (Å²) in [5, 5.41) is 2.55. The first-order valence-electron chi connectivity index (χ1n) is 43.8. The number of nitrogens with zero attached hydrogens (tertiary/aromatic N) is 4. The maximum Gasteiger partial charge on any atom is 0.355 e. The Morgan fingerprint density at radius 1 is 0.393 bits per heavy atom. The lowest BCUT2D eigenvalue weighted by molar-refractivity contribution is 0.194. The SMILES string of the molecule is Cc1cc(N(C2=CSC3(C)CCCCC23C)c2cc(-c3ccccc3)cc(-c3ccccc3)c2)cc(N2c3ccc(C(C)(C)C)cc3C3(C)CCCCC23C)c1.Cc1cc2c3c(c1)N1c4c(cc(C(C)(C)C)cc4C4(C)CCCCC14C)C3C1=C(N2c2cc(-c3ccccc3)cc(-c3ccccc3)c2)C2(C)CCCCC2(C)S1.IB(I)I. The molecule has 0 N–H and O–H groups in total. The molecule has 0 spiro atoms. The van der Waals surface area contributed by atoms with Gasteiger partial charge in [-0.2, -0.15) is 0 Å². The maximum atomic E-state index is 2.92. The van der Waals surface area contributed by atoms with E-state index in [1.807, 2.05) is 0 Å². The van der Waals surface area contributed by atoms with Crippen LogP contribution in [0.4, 0.5) is 45.5 Å². The molecule has 4 fully saturated rings. The van der Waals surface area contributed by atoms with Gasteiger partial charge in [0.15, 0.2) is 0 Å². The molecule has 602 valence electrons. The van der Waals surface area contributed by atoms with E-state index in [2.05, 4.69) is 445 Å². The highest BCUT2D eigenvalue weighted by atomic mass is 127. The molecule has 10 aliphatic rings. The van der Waals surface area contributed by atoms with Gasteiger partial charge in [-0.1, -0.05) is 266 Å². The van der Waals surface area contributed by atoms with Gasteiger partial charge in [0.1, 0.15) is 0 Å². The fourth-order valence-electron chi connectivity index (χ4n) is 23.6. The molecule has 10 heteroatoms. The zero-order valence-corrected chi connectivity index (χ0v) is 80.2. The number of thioether (sulfide) groups is 2. The van der Waals surface area contributed by atoms with Crippen LogP contribution in [0.5, 0.6) is 0 Å². The second-order valence-electron chi connectivity index (χ2n) is 40.1. The topological polar surface area (TPSA) is 13.0 Å². The van der Waals surface area contributed by atoms with Gasteiger partial charge in [0.25, 0.3) is 0 Å². The van der Waals surface area contributed by atoms with Gasteiger partial charge in [0.05, 0.1) is 16.8 Å². The standard InChI is InChI=1S/C54H58N2S.C53H60N2S.BI3/c1-34-27-43-46-44(28-34)56-47-41(32-39(50(2,3)4)33-42(47)51(5)23-15-17-25-53(51,56)7)45(46)48-49(52(6)24-16-18-26-54(52,8)57-48)55(43)40-30-37(35-19-11-9-12-20-35)29-38(31-40)36-21-13-10-14-22-36;1-37-29-43(35-45(30-37)55-47-24-23-42(49(2,3)4)34-46(47)50(5)25-15-17-27-52(50,55)7)54(48-36-56-53(8)28-18-16-26-51(48,53)6)44-32-40(38-19-11-9-12-20-38)31-41(33-44)39-21-13-10-14-22-39;2-1(3)4/h9-14,19-22,27-33,45H,15-18,23-26H2,1-8H3;9-14,19-24,29-36H,15-18,25-28H2,1-8H3;. The predicted octanol–water partition coefficient (Wildman–Crippen LogP) is 33.0. The Bertz CT molecular complexity index is 5500. The van der Waals surface area contributed by atoms with Crippen LogP contribution in [0.25, 0.3) is 44.5 Å². The third-order valence-corrected chi connectivity index (χ3v) is 34.4. The summed E-state index contributed by atoms with van der Waals surface area (Å²) in [6.07, 6.45) is 20.1. The van der Waals surface area contributed by atoms with Crippen molar-refractivity contribution in [2.24, 2.45) is 10.8 Å². The fourth-order valence-corrected chi connectivity index (χ4v) is 27.0. The number of anilines is 8. The fraction of sp³-hybridized carbons (Fsp3) is 0.402. The molecule has 4 saturated carbocycles. The van der Waals surface area contributed by atoms with E-state index in [-0.39, 0.29) is 59.0 Å². The van der Waals surface area contributed by atoms with Crippen molar-refractivity contribution in [1.82, 2.24) is 0 Å². The molecule has 0 saturated heterocycles. The molecule has 20 rings (SSSR count). The van der Waals surface area contributed by atoms with Crippen LogP contribution in [0.1, 0.15) is 250 Å². The van der Waals surface area contributed by atoms with Crippen LogP contribution in [0.15, 0.2) is 240 Å². The van der Waals surface area contributed by atoms with E-state index in [1.165, 1.54) is 226 Å². The molecular formula is C107H118BI3N4S2. The summed E-state index contributed by atoms with van der Waals surface area (Å²) in [6.45, 7) is 39.8. The zero-order chi connectivity index (χ0) is 81.9. The van der Waals surface area contributed by atoms with Gasteiger partial charge in [-0.25, -0.2) is 0 Å². The molecule has 10 aromatic rings. The minimum absolute atomic E-state index is 0.00727. The number of fused-ring (bicyclic) bond motifs is 12. The highest BCUT2D eigenvalue weighted by Gasteiger charge is 2.66. The largest absolute Gasteiger partial charge is 0.355 e. The van der Waals surface area contributed by atoms with Crippen molar-refractivity contribution in [3.8, 4) is 44.5 Å². The van der Waals surface area contributed by atoms with E-state index in [0.717, 1.165) is 0.282 Å². The Hall–Kier alpha value is -6.17. The van der Waals surface area contributed by atoms with Gasteiger partial charge >= 0.3 is 0.282 Å². The lowest BCUT2D eigenvalue weighted by Crippen LogP contribution is -2.55. The minimum Gasteiger partial charge on any atom is -0.334 e. The summed E-state index contributed by atoms with van der Waals surface area (Å²) >= 11 is 11.3. The van der Waals surface area contributed by atoms with Crippen LogP contribution in [-0.2, 0) is 21.7 Å². The quantitative estimate of drug-likeness (QED) is 0.105. The zero-order valence-electron chi connectivity index (χ0n) is 72.1. The Morgan fingerprint density at radius 3 is 1.38 bits per heavy atom. The molecule has 4 aliphatic carbocycles. The summed E-state index contributed by atoms with van der Waals surface area (Å²) in [6, 6.07) is 84.2. The summed E-state index contributed by atoms with van der Waals surface area (Å²) in [7, 11) is 0. The Morgan fingerprint density at radius 2 is 0.838 bits per heavy atom. The van der Waals surface area contributed by atoms with E-state index in [9.17, 15) is 0 Å². The Balaban J connectivity index is 0.000000155. The molecule has 9 unspecified atom stereocenters. The first-order chi connectivity index (χ1) is 55.7. The van der Waals surface area contributed by atoms with E-state index < -0.39 is 0 Å². The average molecular weight is 1920 g/mol. The lowest BCUT2D eigenvalue weighted by Gasteiger charge is -2.53. The normalized spacial score (nSPS) is 27.5. The Kier molecular flexibility index (Phi) is 21.1. The molecule has 0 aromatic heterocycles. The van der Waals surface area contributed by atoms with Crippen molar-refractivity contribution >= 4 is 136 Å². The summed E-state index contributed by atoms with van der Waals surface area (Å²) in [4.78, 5) is 12.8. The number of hydrogen-bond acceptors (Lipinski definition) is 6. The van der Waals surface area contributed by atoms with Crippen LogP contribution in [0.2, 0.25) is 0 Å². The van der Waals surface area contributed by atoms with Crippen LogP contribution in [-0.4, -0.2) is 20.9 Å². The van der Waals surface area contributed by atoms with Crippen molar-refractivity contribution in [3.05, 3.63) is 285 Å². The van der Waals surface area contributed by atoms with Crippen molar-refractivity contribution in [2.45, 2.75) is 262 Å². The van der Waals surface area contributed by atoms with E-state index in [1.54, 1.807) is 27.4 Å². The predicted molar refractivity (Wildman–Crippen MR) is 534 cm³/mol. The summed E-state index contributed by atoms with van der Waals surface area (Å²) in [5.41, 5.74) is 36.2. The van der Waals surface area contributed by atoms with E-state index >= 15 is 0 Å². The Labute approximate surface area is 750 Å². The lowest BCUT2D eigenvalue weighted by atomic mass is 9.61. The first kappa shape index (κ1) is 81.8. The van der Waals surface area contributed by atoms with Crippen molar-refractivity contribution in [2.75, 3.05) is 19.6 Å². The molecular weight excluding hydrogens is 1800 g/mol. The van der Waals surface area contributed by atoms with Gasteiger partial charge in [-0.05, 0) is 265 Å². The van der Waals surface area contributed by atoms with Gasteiger partial charge < -0.3 is 19.6 Å². The molecule has 9 atom stereocenters. The van der Waals surface area contributed by atoms with Crippen LogP contribution >= 0.6 is 90.6 Å². The average Bonchev–Trinajstić information content (AvgIpc) is 1.49. The molecule has 4 nitrogen and oxygen atoms in total. The number of halogens is 3. The van der Waals surface area contributed by atoms with Gasteiger partial charge in [0, 0.05) is 98.7 Å². The van der Waals surface area contributed by atoms with E-state index in [4.69, 9.17) is 0 Å². The molecule has 0 amide bonds. The van der Waals surface area contributed by atoms with Crippen LogP contribution in [0, 0.1) is 24.7 Å². The number of aryl methyl sites for hydroxylation is 2. The molecule has 6 heterocycles. The van der Waals surface area contributed by atoms with E-state index in [0.29, 0.717) is 0 Å². The summed E-state index contributed by atoms with van der Waals surface area (Å²) < 4.78 is 1.03. The first-order valence-corrected chi connectivity index (χ1v) is 49.2. The number of rotatable bonds is 9. The number of allylic oxidation sites excluding steroid dienone is 3. The minimum atomic E-state index is -0.0237. The highest BCUT2D eigenvalue weighted by Crippen LogP contribution is 2.76. The molecule has 0 radical (unpaired) electrons. The van der Waals surface area contributed by atoms with Gasteiger partial charge in [-0.3, -0.25) is 0 Å². The van der Waals surface area contributed by atoms with Crippen molar-refractivity contribution < 1.29 is 0 Å². The smallest absolute Gasteiger partial charge is 0.334 e. The van der Waals surface area contributed by atoms with Gasteiger partial charge in [0.2, 0.25) is 0 Å². The number of benzene rings is 10. The highest BCUT2D eigenvalue weighted by molar-refractivity contribution is 14.4. The molecule has 117 heavy (non-hydrogen) atoms. The van der Waals surface area contributed by atoms with Gasteiger partial charge in [-0.15, -0.1) is 90.6 Å². The second-order valence-corrected chi connectivity index (χ2v) is 53.9. The molecule has 10 aromatic carbocycles.